The molecule has 2 heterocycles. The van der Waals surface area contributed by atoms with Crippen molar-refractivity contribution in [2.45, 2.75) is 73.1 Å². The van der Waals surface area contributed by atoms with Crippen LogP contribution in [-0.4, -0.2) is 20.4 Å². The van der Waals surface area contributed by atoms with Gasteiger partial charge in [-0.05, 0) is 78.1 Å². The quantitative estimate of drug-likeness (QED) is 0.0991. The number of rotatable bonds is 7. The summed E-state index contributed by atoms with van der Waals surface area (Å²) in [6.07, 6.45) is 4.41. The van der Waals surface area contributed by atoms with Gasteiger partial charge in [-0.3, -0.25) is 9.78 Å². The molecule has 0 bridgehead atoms. The van der Waals surface area contributed by atoms with Gasteiger partial charge < -0.3 is 14.1 Å². The van der Waals surface area contributed by atoms with Crippen molar-refractivity contribution in [3.63, 3.8) is 0 Å². The molecule has 6 heteroatoms. The molecule has 2 aromatic heterocycles. The molecule has 0 amide bonds. The zero-order valence-electron chi connectivity index (χ0n) is 28.4. The van der Waals surface area contributed by atoms with Crippen LogP contribution in [0.4, 0.5) is 0 Å². The van der Waals surface area contributed by atoms with E-state index in [0.29, 0.717) is 17.8 Å². The van der Waals surface area contributed by atoms with Gasteiger partial charge in [-0.25, -0.2) is 0 Å². The molecular formula is C41H43IrN2O3-. The number of para-hydroxylation sites is 2. The number of aliphatic hydroxyl groups excluding tert-OH is 1. The van der Waals surface area contributed by atoms with Crippen molar-refractivity contribution in [3.8, 4) is 28.2 Å². The predicted octanol–water partition coefficient (Wildman–Crippen LogP) is 11.3. The molecule has 6 aromatic rings. The summed E-state index contributed by atoms with van der Waals surface area (Å²) in [4.78, 5) is 15.2. The third-order valence-corrected chi connectivity index (χ3v) is 8.14. The second kappa shape index (κ2) is 15.1. The number of carbonyl (C=O) groups excluding carboxylic acids is 1. The Balaban J connectivity index is 0.000000565. The number of aliphatic hydroxyl groups is 1. The first-order valence-corrected chi connectivity index (χ1v) is 16.0. The van der Waals surface area contributed by atoms with E-state index >= 15 is 0 Å². The van der Waals surface area contributed by atoms with Crippen LogP contribution in [0.25, 0.3) is 50.2 Å². The molecule has 245 valence electrons. The first kappa shape index (κ1) is 35.6. The summed E-state index contributed by atoms with van der Waals surface area (Å²) in [5.74, 6) is 1.85. The number of ketones is 1. The minimum atomic E-state index is -0.125. The summed E-state index contributed by atoms with van der Waals surface area (Å²) in [5, 5.41) is 9.41. The predicted molar refractivity (Wildman–Crippen MR) is 190 cm³/mol. The molecule has 0 spiro atoms. The summed E-state index contributed by atoms with van der Waals surface area (Å²) in [7, 11) is 0. The third kappa shape index (κ3) is 7.67. The largest absolute Gasteiger partial charge is 0.557 e. The molecule has 1 radical (unpaired) electrons. The van der Waals surface area contributed by atoms with Crippen LogP contribution in [0.15, 0.2) is 101 Å². The molecule has 0 aliphatic rings. The Kier molecular flexibility index (Phi) is 11.4. The Bertz CT molecular complexity index is 2000. The fourth-order valence-electron chi connectivity index (χ4n) is 5.85. The van der Waals surface area contributed by atoms with E-state index in [1.54, 1.807) is 0 Å². The van der Waals surface area contributed by atoms with Crippen molar-refractivity contribution in [1.82, 2.24) is 9.55 Å². The number of hydrogen-bond acceptors (Lipinski definition) is 4. The van der Waals surface area contributed by atoms with E-state index < -0.39 is 0 Å². The average molecular weight is 804 g/mol. The maximum atomic E-state index is 10.0. The SMILES string of the molecule is CC(=O)/C=C(/C)O.CC(C)c1ccc2o[c-]c(-c3nc4ccccc4n3-c3c(C(C)C)cc(-c4ccccc4)cc3C(C)C)c2c1.[Ir]. The second-order valence-corrected chi connectivity index (χ2v) is 12.8. The number of aromatic nitrogens is 2. The number of nitrogens with zero attached hydrogens (tertiary/aromatic N) is 2. The van der Waals surface area contributed by atoms with Gasteiger partial charge in [0.15, 0.2) is 5.78 Å². The van der Waals surface area contributed by atoms with Gasteiger partial charge in [-0.1, -0.05) is 119 Å². The first-order valence-electron chi connectivity index (χ1n) is 16.0. The monoisotopic (exact) mass is 804 g/mol. The van der Waals surface area contributed by atoms with E-state index in [2.05, 4.69) is 137 Å². The van der Waals surface area contributed by atoms with Crippen LogP contribution < -0.4 is 0 Å². The minimum Gasteiger partial charge on any atom is -0.557 e. The Hall–Kier alpha value is -4.25. The van der Waals surface area contributed by atoms with E-state index in [9.17, 15) is 4.79 Å². The summed E-state index contributed by atoms with van der Waals surface area (Å²) >= 11 is 0. The van der Waals surface area contributed by atoms with Crippen molar-refractivity contribution < 1.29 is 34.4 Å². The molecule has 5 nitrogen and oxygen atoms in total. The topological polar surface area (TPSA) is 68.3 Å². The zero-order chi connectivity index (χ0) is 33.1. The van der Waals surface area contributed by atoms with Crippen molar-refractivity contribution in [2.75, 3.05) is 0 Å². The van der Waals surface area contributed by atoms with Gasteiger partial charge in [0.05, 0.1) is 22.6 Å². The third-order valence-electron chi connectivity index (χ3n) is 8.14. The fourth-order valence-corrected chi connectivity index (χ4v) is 5.85. The molecule has 0 atom stereocenters. The van der Waals surface area contributed by atoms with Gasteiger partial charge in [0.25, 0.3) is 0 Å². The number of fused-ring (bicyclic) bond motifs is 2. The molecular weight excluding hydrogens is 761 g/mol. The molecule has 0 saturated carbocycles. The number of imidazole rings is 1. The Labute approximate surface area is 291 Å². The normalized spacial score (nSPS) is 11.7. The molecule has 6 rings (SSSR count). The molecule has 1 N–H and O–H groups in total. The van der Waals surface area contributed by atoms with Crippen LogP contribution >= 0.6 is 0 Å². The van der Waals surface area contributed by atoms with Crippen LogP contribution in [0.3, 0.4) is 0 Å². The molecule has 0 aliphatic heterocycles. The van der Waals surface area contributed by atoms with Crippen LogP contribution in [0.2, 0.25) is 0 Å². The average Bonchev–Trinajstić information content (AvgIpc) is 3.61. The molecule has 0 fully saturated rings. The fraction of sp³-hybridized carbons (Fsp3) is 0.268. The van der Waals surface area contributed by atoms with Crippen molar-refractivity contribution >= 4 is 27.8 Å². The number of carbonyl (C=O) groups is 1. The maximum Gasteiger partial charge on any atom is 0.155 e. The molecule has 0 saturated heterocycles. The maximum absolute atomic E-state index is 10.0. The van der Waals surface area contributed by atoms with Gasteiger partial charge >= 0.3 is 0 Å². The summed E-state index contributed by atoms with van der Waals surface area (Å²) in [6, 6.07) is 30.3. The molecule has 0 unspecified atom stereocenters. The Morgan fingerprint density at radius 2 is 1.43 bits per heavy atom. The standard InChI is InChI=1S/C36H35N2O.C5H8O2.Ir/c1-22(2)26-16-17-34-30(18-26)31(21-39-34)36-37-32-14-10-11-15-33(32)38(36)35-28(23(3)4)19-27(20-29(35)24(5)6)25-12-8-7-9-13-25;1-4(6)3-5(2)7;/h7-20,22-24H,1-6H3;3,6H,1-2H3;/q-1;;/b;4-3-;. The van der Waals surface area contributed by atoms with Crippen LogP contribution in [0, 0.1) is 6.26 Å². The number of allylic oxidation sites excluding steroid dienone is 2. The summed E-state index contributed by atoms with van der Waals surface area (Å²) in [5.41, 5.74) is 11.4. The van der Waals surface area contributed by atoms with Gasteiger partial charge in [-0.15, -0.1) is 0 Å². The van der Waals surface area contributed by atoms with E-state index in [4.69, 9.17) is 14.5 Å². The second-order valence-electron chi connectivity index (χ2n) is 12.8. The van der Waals surface area contributed by atoms with E-state index in [0.717, 1.165) is 33.4 Å². The van der Waals surface area contributed by atoms with Gasteiger partial charge in [-0.2, -0.15) is 0 Å². The number of hydrogen-bond donors (Lipinski definition) is 1. The molecule has 47 heavy (non-hydrogen) atoms. The number of furan rings is 1. The van der Waals surface area contributed by atoms with Crippen LogP contribution in [0.1, 0.15) is 89.8 Å². The minimum absolute atomic E-state index is 0. The van der Waals surface area contributed by atoms with Crippen LogP contribution in [-0.2, 0) is 24.9 Å². The van der Waals surface area contributed by atoms with E-state index in [1.165, 1.54) is 53.4 Å². The molecule has 0 aliphatic carbocycles. The first-order chi connectivity index (χ1) is 22.0. The van der Waals surface area contributed by atoms with Gasteiger partial charge in [0, 0.05) is 43.7 Å². The Morgan fingerprint density at radius 1 is 0.809 bits per heavy atom. The Morgan fingerprint density at radius 3 is 1.98 bits per heavy atom. The van der Waals surface area contributed by atoms with Gasteiger partial charge in [0.2, 0.25) is 0 Å². The zero-order valence-corrected chi connectivity index (χ0v) is 30.8. The summed E-state index contributed by atoms with van der Waals surface area (Å²) in [6.45, 7) is 16.4. The van der Waals surface area contributed by atoms with Gasteiger partial charge in [0.1, 0.15) is 0 Å². The van der Waals surface area contributed by atoms with E-state index in [1.807, 2.05) is 0 Å². The van der Waals surface area contributed by atoms with Crippen molar-refractivity contribution in [3.05, 3.63) is 120 Å². The van der Waals surface area contributed by atoms with Crippen molar-refractivity contribution in [1.29, 1.82) is 0 Å². The van der Waals surface area contributed by atoms with Crippen LogP contribution in [0.5, 0.6) is 0 Å². The smallest absolute Gasteiger partial charge is 0.155 e. The molecule has 4 aromatic carbocycles. The van der Waals surface area contributed by atoms with Crippen molar-refractivity contribution in [2.24, 2.45) is 0 Å². The van der Waals surface area contributed by atoms with E-state index in [-0.39, 0.29) is 31.6 Å². The summed E-state index contributed by atoms with van der Waals surface area (Å²) < 4.78 is 8.34. The number of benzene rings is 4.